The van der Waals surface area contributed by atoms with Gasteiger partial charge in [-0.15, -0.1) is 0 Å². The third kappa shape index (κ3) is 4.97. The molecule has 1 atom stereocenters. The van der Waals surface area contributed by atoms with E-state index in [9.17, 15) is 22.0 Å². The molecular formula is C21H18F2N2O3S. The second kappa shape index (κ2) is 8.40. The highest BCUT2D eigenvalue weighted by Gasteiger charge is 2.19. The monoisotopic (exact) mass is 416 g/mol. The van der Waals surface area contributed by atoms with Crippen LogP contribution in [0.3, 0.4) is 0 Å². The van der Waals surface area contributed by atoms with Gasteiger partial charge in [-0.3, -0.25) is 9.52 Å². The quantitative estimate of drug-likeness (QED) is 0.631. The second-order valence-corrected chi connectivity index (χ2v) is 8.04. The van der Waals surface area contributed by atoms with Crippen molar-refractivity contribution >= 4 is 21.6 Å². The Bertz CT molecular complexity index is 1130. The van der Waals surface area contributed by atoms with Gasteiger partial charge in [-0.25, -0.2) is 17.2 Å². The Morgan fingerprint density at radius 2 is 1.62 bits per heavy atom. The smallest absolute Gasteiger partial charge is 0.262 e. The number of benzene rings is 3. The predicted octanol–water partition coefficient (Wildman–Crippen LogP) is 4.26. The van der Waals surface area contributed by atoms with Gasteiger partial charge in [0.05, 0.1) is 16.6 Å². The average Bonchev–Trinajstić information content (AvgIpc) is 2.70. The number of rotatable bonds is 6. The standard InChI is InChI=1S/C21H18F2N2O3S/c1-14(15-9-11-17(22)12-10-15)24-21(26)16-5-4-6-18(13-16)29(27,28)25-20-8-3-2-7-19(20)23/h2-14,25H,1H3,(H,24,26)/t14-/m0/s1. The van der Waals surface area contributed by atoms with Crippen LogP contribution in [0.15, 0.2) is 77.7 Å². The molecule has 0 radical (unpaired) electrons. The van der Waals surface area contributed by atoms with Gasteiger partial charge in [0, 0.05) is 5.56 Å². The number of sulfonamides is 1. The molecule has 8 heteroatoms. The molecule has 1 amide bonds. The first-order chi connectivity index (χ1) is 13.8. The van der Waals surface area contributed by atoms with Crippen molar-refractivity contribution in [3.63, 3.8) is 0 Å². The molecule has 29 heavy (non-hydrogen) atoms. The lowest BCUT2D eigenvalue weighted by molar-refractivity contribution is 0.0939. The highest BCUT2D eigenvalue weighted by molar-refractivity contribution is 7.92. The van der Waals surface area contributed by atoms with Crippen LogP contribution in [0.1, 0.15) is 28.9 Å². The Hall–Kier alpha value is -3.26. The van der Waals surface area contributed by atoms with Crippen LogP contribution in [0, 0.1) is 11.6 Å². The predicted molar refractivity (Wildman–Crippen MR) is 106 cm³/mol. The summed E-state index contributed by atoms with van der Waals surface area (Å²) in [4.78, 5) is 12.3. The van der Waals surface area contributed by atoms with E-state index < -0.39 is 27.8 Å². The Labute approximate surface area is 167 Å². The van der Waals surface area contributed by atoms with E-state index in [1.165, 1.54) is 54.6 Å². The minimum atomic E-state index is -4.09. The highest BCUT2D eigenvalue weighted by atomic mass is 32.2. The number of amides is 1. The molecule has 0 aliphatic carbocycles. The van der Waals surface area contributed by atoms with Crippen molar-refractivity contribution in [2.75, 3.05) is 4.72 Å². The van der Waals surface area contributed by atoms with Gasteiger partial charge < -0.3 is 5.32 Å². The maximum atomic E-state index is 13.8. The number of hydrogen-bond donors (Lipinski definition) is 2. The molecule has 5 nitrogen and oxygen atoms in total. The summed E-state index contributed by atoms with van der Waals surface area (Å²) in [6, 6.07) is 16.1. The summed E-state index contributed by atoms with van der Waals surface area (Å²) < 4.78 is 54.1. The number of para-hydroxylation sites is 1. The fraction of sp³-hybridized carbons (Fsp3) is 0.0952. The topological polar surface area (TPSA) is 75.3 Å². The Kier molecular flexibility index (Phi) is 5.93. The van der Waals surface area contributed by atoms with Gasteiger partial charge in [-0.05, 0) is 55.0 Å². The van der Waals surface area contributed by atoms with Crippen molar-refractivity contribution in [2.45, 2.75) is 17.9 Å². The largest absolute Gasteiger partial charge is 0.346 e. The number of anilines is 1. The molecule has 0 aliphatic rings. The summed E-state index contributed by atoms with van der Waals surface area (Å²) in [5, 5.41) is 2.73. The molecule has 0 unspecified atom stereocenters. The van der Waals surface area contributed by atoms with Crippen LogP contribution in [-0.4, -0.2) is 14.3 Å². The number of halogens is 2. The maximum absolute atomic E-state index is 13.8. The zero-order valence-electron chi connectivity index (χ0n) is 15.4. The molecule has 150 valence electrons. The SMILES string of the molecule is C[C@H](NC(=O)c1cccc(S(=O)(=O)Nc2ccccc2F)c1)c1ccc(F)cc1. The molecule has 0 saturated heterocycles. The summed E-state index contributed by atoms with van der Waals surface area (Å²) in [6.07, 6.45) is 0. The molecule has 0 heterocycles. The first-order valence-corrected chi connectivity index (χ1v) is 10.2. The molecular weight excluding hydrogens is 398 g/mol. The van der Waals surface area contributed by atoms with Crippen molar-refractivity contribution in [2.24, 2.45) is 0 Å². The molecule has 0 aliphatic heterocycles. The lowest BCUT2D eigenvalue weighted by atomic mass is 10.1. The molecule has 3 aromatic carbocycles. The van der Waals surface area contributed by atoms with E-state index >= 15 is 0 Å². The van der Waals surface area contributed by atoms with Crippen LogP contribution < -0.4 is 10.0 Å². The second-order valence-electron chi connectivity index (χ2n) is 6.36. The number of hydrogen-bond acceptors (Lipinski definition) is 3. The Morgan fingerprint density at radius 3 is 2.31 bits per heavy atom. The van der Waals surface area contributed by atoms with Gasteiger partial charge in [0.15, 0.2) is 0 Å². The minimum Gasteiger partial charge on any atom is -0.346 e. The van der Waals surface area contributed by atoms with Gasteiger partial charge in [-0.1, -0.05) is 30.3 Å². The Morgan fingerprint density at radius 1 is 0.931 bits per heavy atom. The van der Waals surface area contributed by atoms with Gasteiger partial charge in [-0.2, -0.15) is 0 Å². The molecule has 2 N–H and O–H groups in total. The van der Waals surface area contributed by atoms with Crippen LogP contribution in [0.2, 0.25) is 0 Å². The summed E-state index contributed by atoms with van der Waals surface area (Å²) in [5.74, 6) is -1.59. The fourth-order valence-electron chi connectivity index (χ4n) is 2.67. The summed E-state index contributed by atoms with van der Waals surface area (Å²) >= 11 is 0. The summed E-state index contributed by atoms with van der Waals surface area (Å²) in [5.41, 5.74) is 0.632. The van der Waals surface area contributed by atoms with E-state index in [1.807, 2.05) is 0 Å². The number of nitrogens with one attached hydrogen (secondary N) is 2. The molecule has 0 spiro atoms. The zero-order chi connectivity index (χ0) is 21.0. The van der Waals surface area contributed by atoms with E-state index in [1.54, 1.807) is 19.1 Å². The molecule has 3 aromatic rings. The summed E-state index contributed by atoms with van der Waals surface area (Å²) in [7, 11) is -4.09. The molecule has 0 fully saturated rings. The van der Waals surface area contributed by atoms with Crippen LogP contribution >= 0.6 is 0 Å². The van der Waals surface area contributed by atoms with Crippen molar-refractivity contribution in [3.05, 3.63) is 95.6 Å². The van der Waals surface area contributed by atoms with Gasteiger partial charge in [0.25, 0.3) is 15.9 Å². The molecule has 3 rings (SSSR count). The van der Waals surface area contributed by atoms with Crippen LogP contribution in [0.25, 0.3) is 0 Å². The average molecular weight is 416 g/mol. The van der Waals surface area contributed by atoms with E-state index in [-0.39, 0.29) is 22.0 Å². The van der Waals surface area contributed by atoms with Crippen LogP contribution in [0.5, 0.6) is 0 Å². The van der Waals surface area contributed by atoms with E-state index in [4.69, 9.17) is 0 Å². The third-order valence-corrected chi connectivity index (χ3v) is 5.61. The third-order valence-electron chi connectivity index (χ3n) is 4.24. The first kappa shape index (κ1) is 20.5. The zero-order valence-corrected chi connectivity index (χ0v) is 16.2. The maximum Gasteiger partial charge on any atom is 0.262 e. The van der Waals surface area contributed by atoms with Crippen molar-refractivity contribution in [1.29, 1.82) is 0 Å². The van der Waals surface area contributed by atoms with Gasteiger partial charge in [0.1, 0.15) is 11.6 Å². The first-order valence-electron chi connectivity index (χ1n) is 8.70. The van der Waals surface area contributed by atoms with Gasteiger partial charge >= 0.3 is 0 Å². The molecule has 0 bridgehead atoms. The highest BCUT2D eigenvalue weighted by Crippen LogP contribution is 2.20. The van der Waals surface area contributed by atoms with Crippen molar-refractivity contribution in [3.8, 4) is 0 Å². The van der Waals surface area contributed by atoms with Crippen LogP contribution in [-0.2, 0) is 10.0 Å². The van der Waals surface area contributed by atoms with E-state index in [0.29, 0.717) is 5.56 Å². The fourth-order valence-corrected chi connectivity index (χ4v) is 3.78. The van der Waals surface area contributed by atoms with Crippen LogP contribution in [0.4, 0.5) is 14.5 Å². The Balaban J connectivity index is 1.78. The van der Waals surface area contributed by atoms with E-state index in [0.717, 1.165) is 6.07 Å². The molecule has 0 aromatic heterocycles. The lowest BCUT2D eigenvalue weighted by Crippen LogP contribution is -2.27. The van der Waals surface area contributed by atoms with E-state index in [2.05, 4.69) is 10.0 Å². The van der Waals surface area contributed by atoms with Crippen molar-refractivity contribution in [1.82, 2.24) is 5.32 Å². The van der Waals surface area contributed by atoms with Crippen molar-refractivity contribution < 1.29 is 22.0 Å². The summed E-state index contributed by atoms with van der Waals surface area (Å²) in [6.45, 7) is 1.73. The van der Waals surface area contributed by atoms with Gasteiger partial charge in [0.2, 0.25) is 0 Å². The normalized spacial score (nSPS) is 12.2. The minimum absolute atomic E-state index is 0.121. The number of carbonyl (C=O) groups excluding carboxylic acids is 1. The number of carbonyl (C=O) groups is 1. The lowest BCUT2D eigenvalue weighted by Gasteiger charge is -2.15. The molecule has 0 saturated carbocycles.